The summed E-state index contributed by atoms with van der Waals surface area (Å²) in [6.45, 7) is 0.522. The van der Waals surface area contributed by atoms with Gasteiger partial charge in [-0.15, -0.1) is 11.3 Å². The van der Waals surface area contributed by atoms with Gasteiger partial charge in [-0.2, -0.15) is 0 Å². The van der Waals surface area contributed by atoms with Crippen LogP contribution in [-0.4, -0.2) is 39.7 Å². The molecule has 2 N–H and O–H groups in total. The first-order valence-corrected chi connectivity index (χ1v) is 6.43. The van der Waals surface area contributed by atoms with Crippen molar-refractivity contribution in [1.82, 2.24) is 15.3 Å². The standard InChI is InChI=1S/C11H11N3O3S/c15-11(16)8-3-6(4-12-8)17-10-9-7(1-2-18-9)13-5-14-10/h1-2,5-6,8,12H,3-4H2,(H,15,16). The predicted octanol–water partition coefficient (Wildman–Crippen LogP) is 0.885. The third-order valence-corrected chi connectivity index (χ3v) is 3.77. The summed E-state index contributed by atoms with van der Waals surface area (Å²) in [6, 6.07) is 1.37. The van der Waals surface area contributed by atoms with E-state index in [1.165, 1.54) is 17.7 Å². The molecule has 1 aliphatic heterocycles. The molecule has 0 aromatic carbocycles. The van der Waals surface area contributed by atoms with Gasteiger partial charge in [0.05, 0.1) is 5.52 Å². The van der Waals surface area contributed by atoms with Gasteiger partial charge in [0.1, 0.15) is 23.2 Å². The highest BCUT2D eigenvalue weighted by atomic mass is 32.1. The topological polar surface area (TPSA) is 84.3 Å². The summed E-state index contributed by atoms with van der Waals surface area (Å²) >= 11 is 1.52. The lowest BCUT2D eigenvalue weighted by molar-refractivity contribution is -0.139. The Labute approximate surface area is 107 Å². The average molecular weight is 265 g/mol. The molecule has 1 saturated heterocycles. The Hall–Kier alpha value is -1.73. The number of nitrogens with zero attached hydrogens (tertiary/aromatic N) is 2. The maximum Gasteiger partial charge on any atom is 0.320 e. The highest BCUT2D eigenvalue weighted by Gasteiger charge is 2.31. The zero-order valence-electron chi connectivity index (χ0n) is 9.37. The Morgan fingerprint density at radius 1 is 1.56 bits per heavy atom. The lowest BCUT2D eigenvalue weighted by Gasteiger charge is -2.11. The van der Waals surface area contributed by atoms with Crippen LogP contribution < -0.4 is 10.1 Å². The Bertz CT molecular complexity index is 586. The smallest absolute Gasteiger partial charge is 0.320 e. The van der Waals surface area contributed by atoms with Crippen molar-refractivity contribution in [3.63, 3.8) is 0 Å². The van der Waals surface area contributed by atoms with Crippen molar-refractivity contribution in [3.8, 4) is 5.88 Å². The molecule has 1 aliphatic rings. The third kappa shape index (κ3) is 2.02. The molecule has 1 fully saturated rings. The van der Waals surface area contributed by atoms with Crippen LogP contribution in [0.4, 0.5) is 0 Å². The van der Waals surface area contributed by atoms with Crippen molar-refractivity contribution in [2.24, 2.45) is 0 Å². The van der Waals surface area contributed by atoms with Crippen molar-refractivity contribution >= 4 is 27.5 Å². The van der Waals surface area contributed by atoms with E-state index in [0.717, 1.165) is 10.2 Å². The predicted molar refractivity (Wildman–Crippen MR) is 65.9 cm³/mol. The summed E-state index contributed by atoms with van der Waals surface area (Å²) in [5.41, 5.74) is 0.853. The number of thiophene rings is 1. The molecule has 2 atom stereocenters. The van der Waals surface area contributed by atoms with E-state index in [4.69, 9.17) is 9.84 Å². The van der Waals surface area contributed by atoms with E-state index in [0.29, 0.717) is 18.8 Å². The molecule has 7 heteroatoms. The molecule has 0 radical (unpaired) electrons. The lowest BCUT2D eigenvalue weighted by Crippen LogP contribution is -2.30. The molecule has 3 rings (SSSR count). The number of carboxylic acid groups (broad SMARTS) is 1. The van der Waals surface area contributed by atoms with Crippen LogP contribution in [0.2, 0.25) is 0 Å². The normalized spacial score (nSPS) is 23.3. The maximum absolute atomic E-state index is 10.8. The molecule has 2 aromatic rings. The Morgan fingerprint density at radius 3 is 3.22 bits per heavy atom. The van der Waals surface area contributed by atoms with Gasteiger partial charge in [0.2, 0.25) is 5.88 Å². The Balaban J connectivity index is 1.77. The quantitative estimate of drug-likeness (QED) is 0.857. The zero-order valence-corrected chi connectivity index (χ0v) is 10.2. The minimum atomic E-state index is -0.843. The molecule has 18 heavy (non-hydrogen) atoms. The van der Waals surface area contributed by atoms with E-state index in [1.54, 1.807) is 0 Å². The Morgan fingerprint density at radius 2 is 2.44 bits per heavy atom. The number of carbonyl (C=O) groups is 1. The number of ether oxygens (including phenoxy) is 1. The van der Waals surface area contributed by atoms with Crippen LogP contribution in [0.25, 0.3) is 10.2 Å². The monoisotopic (exact) mass is 265 g/mol. The number of aromatic nitrogens is 2. The van der Waals surface area contributed by atoms with Crippen molar-refractivity contribution in [3.05, 3.63) is 17.8 Å². The molecule has 0 spiro atoms. The van der Waals surface area contributed by atoms with Crippen LogP contribution >= 0.6 is 11.3 Å². The third-order valence-electron chi connectivity index (χ3n) is 2.88. The lowest BCUT2D eigenvalue weighted by atomic mass is 10.2. The van der Waals surface area contributed by atoms with Crippen LogP contribution in [0.15, 0.2) is 17.8 Å². The molecular formula is C11H11N3O3S. The summed E-state index contributed by atoms with van der Waals surface area (Å²) in [4.78, 5) is 19.1. The van der Waals surface area contributed by atoms with Crippen molar-refractivity contribution in [1.29, 1.82) is 0 Å². The molecule has 6 nitrogen and oxygen atoms in total. The number of rotatable bonds is 3. The van der Waals surface area contributed by atoms with Crippen LogP contribution in [0, 0.1) is 0 Å². The van der Waals surface area contributed by atoms with E-state index in [2.05, 4.69) is 15.3 Å². The summed E-state index contributed by atoms with van der Waals surface area (Å²) in [5, 5.41) is 13.7. The van der Waals surface area contributed by atoms with Gasteiger partial charge in [-0.25, -0.2) is 9.97 Å². The van der Waals surface area contributed by atoms with Crippen molar-refractivity contribution < 1.29 is 14.6 Å². The van der Waals surface area contributed by atoms with Gasteiger partial charge in [0.15, 0.2) is 0 Å². The van der Waals surface area contributed by atoms with E-state index in [-0.39, 0.29) is 6.10 Å². The van der Waals surface area contributed by atoms with Crippen LogP contribution in [-0.2, 0) is 4.79 Å². The van der Waals surface area contributed by atoms with Gasteiger partial charge in [-0.3, -0.25) is 4.79 Å². The summed E-state index contributed by atoms with van der Waals surface area (Å²) in [7, 11) is 0. The summed E-state index contributed by atoms with van der Waals surface area (Å²) in [6.07, 6.45) is 1.75. The van der Waals surface area contributed by atoms with Crippen molar-refractivity contribution in [2.45, 2.75) is 18.6 Å². The van der Waals surface area contributed by atoms with E-state index < -0.39 is 12.0 Å². The van der Waals surface area contributed by atoms with Crippen LogP contribution in [0.1, 0.15) is 6.42 Å². The minimum Gasteiger partial charge on any atom is -0.480 e. The largest absolute Gasteiger partial charge is 0.480 e. The van der Waals surface area contributed by atoms with Gasteiger partial charge >= 0.3 is 5.97 Å². The number of carboxylic acids is 1. The zero-order chi connectivity index (χ0) is 12.5. The highest BCUT2D eigenvalue weighted by molar-refractivity contribution is 7.17. The molecule has 0 saturated carbocycles. The molecule has 94 valence electrons. The maximum atomic E-state index is 10.8. The van der Waals surface area contributed by atoms with E-state index in [9.17, 15) is 4.79 Å². The molecular weight excluding hydrogens is 254 g/mol. The molecule has 2 aromatic heterocycles. The van der Waals surface area contributed by atoms with Gasteiger partial charge in [0.25, 0.3) is 0 Å². The SMILES string of the molecule is O=C(O)C1CC(Oc2ncnc3ccsc23)CN1. The second-order valence-electron chi connectivity index (χ2n) is 4.09. The number of hydrogen-bond acceptors (Lipinski definition) is 6. The average Bonchev–Trinajstić information content (AvgIpc) is 2.97. The van der Waals surface area contributed by atoms with Gasteiger partial charge in [0, 0.05) is 13.0 Å². The van der Waals surface area contributed by atoms with Gasteiger partial charge in [-0.05, 0) is 11.4 Å². The van der Waals surface area contributed by atoms with E-state index >= 15 is 0 Å². The molecule has 0 amide bonds. The van der Waals surface area contributed by atoms with Gasteiger partial charge < -0.3 is 15.2 Å². The van der Waals surface area contributed by atoms with E-state index in [1.807, 2.05) is 11.4 Å². The molecule has 3 heterocycles. The second kappa shape index (κ2) is 4.51. The fraction of sp³-hybridized carbons (Fsp3) is 0.364. The Kier molecular flexibility index (Phi) is 2.85. The molecule has 0 bridgehead atoms. The van der Waals surface area contributed by atoms with Gasteiger partial charge in [-0.1, -0.05) is 0 Å². The highest BCUT2D eigenvalue weighted by Crippen LogP contribution is 2.28. The first-order valence-electron chi connectivity index (χ1n) is 5.55. The number of hydrogen-bond donors (Lipinski definition) is 2. The molecule has 0 aliphatic carbocycles. The first-order chi connectivity index (χ1) is 8.74. The fourth-order valence-electron chi connectivity index (χ4n) is 1.99. The van der Waals surface area contributed by atoms with Crippen LogP contribution in [0.5, 0.6) is 5.88 Å². The van der Waals surface area contributed by atoms with Crippen LogP contribution in [0.3, 0.4) is 0 Å². The molecule has 2 unspecified atom stereocenters. The summed E-state index contributed by atoms with van der Waals surface area (Å²) in [5.74, 6) is -0.308. The minimum absolute atomic E-state index is 0.161. The number of fused-ring (bicyclic) bond motifs is 1. The number of nitrogens with one attached hydrogen (secondary N) is 1. The summed E-state index contributed by atoms with van der Waals surface area (Å²) < 4.78 is 6.66. The first kappa shape index (κ1) is 11.4. The fourth-order valence-corrected chi connectivity index (χ4v) is 2.77. The van der Waals surface area contributed by atoms with Crippen molar-refractivity contribution in [2.75, 3.05) is 6.54 Å². The second-order valence-corrected chi connectivity index (χ2v) is 5.00. The number of aliphatic carboxylic acids is 1.